The van der Waals surface area contributed by atoms with E-state index < -0.39 is 5.82 Å². The molecule has 1 amide bonds. The summed E-state index contributed by atoms with van der Waals surface area (Å²) in [4.78, 5) is 29.5. The Hall–Kier alpha value is -1.90. The fourth-order valence-corrected chi connectivity index (χ4v) is 4.45. The Morgan fingerprint density at radius 3 is 2.96 bits per heavy atom. The number of hydrogen-bond donors (Lipinski definition) is 1. The number of unbranched alkanes of at least 4 members (excludes halogenated alkanes) is 1. The molecular formula is C19H19ClFN3O2S2. The number of halogens is 2. The van der Waals surface area contributed by atoms with Crippen LogP contribution in [0, 0.1) is 5.82 Å². The molecule has 148 valence electrons. The van der Waals surface area contributed by atoms with Gasteiger partial charge in [0.2, 0.25) is 5.91 Å². The van der Waals surface area contributed by atoms with Crippen LogP contribution in [0.25, 0.3) is 10.2 Å². The minimum Gasteiger partial charge on any atom is -0.351 e. The molecule has 1 N–H and O–H groups in total. The van der Waals surface area contributed by atoms with E-state index in [1.807, 2.05) is 11.4 Å². The molecule has 0 bridgehead atoms. The van der Waals surface area contributed by atoms with Gasteiger partial charge in [0, 0.05) is 18.1 Å². The summed E-state index contributed by atoms with van der Waals surface area (Å²) in [5, 5.41) is 5.41. The van der Waals surface area contributed by atoms with Crippen molar-refractivity contribution in [3.63, 3.8) is 0 Å². The van der Waals surface area contributed by atoms with Crippen molar-refractivity contribution in [2.45, 2.75) is 38.0 Å². The van der Waals surface area contributed by atoms with Crippen LogP contribution in [-0.2, 0) is 17.9 Å². The molecule has 0 spiro atoms. The van der Waals surface area contributed by atoms with E-state index in [0.29, 0.717) is 27.5 Å². The van der Waals surface area contributed by atoms with Crippen molar-refractivity contribution >= 4 is 50.8 Å². The van der Waals surface area contributed by atoms with E-state index in [1.165, 1.54) is 35.2 Å². The molecule has 0 unspecified atom stereocenters. The second-order valence-electron chi connectivity index (χ2n) is 6.14. The molecule has 0 atom stereocenters. The maximum atomic E-state index is 13.1. The van der Waals surface area contributed by atoms with Crippen LogP contribution in [0.1, 0.15) is 25.3 Å². The van der Waals surface area contributed by atoms with Gasteiger partial charge in [-0.05, 0) is 35.6 Å². The van der Waals surface area contributed by atoms with Crippen molar-refractivity contribution in [3.05, 3.63) is 56.4 Å². The second-order valence-corrected chi connectivity index (χ2v) is 8.41. The average Bonchev–Trinajstić information content (AvgIpc) is 3.14. The molecule has 2 aromatic heterocycles. The SMILES string of the molecule is CCCCn1c(SCC(=O)NCc2ccc(F)cc2Cl)nc2ccsc2c1=O. The normalized spacial score (nSPS) is 11.1. The second kappa shape index (κ2) is 9.54. The molecule has 3 aromatic rings. The Bertz CT molecular complexity index is 1050. The van der Waals surface area contributed by atoms with Gasteiger partial charge in [-0.1, -0.05) is 42.8 Å². The third kappa shape index (κ3) is 4.92. The van der Waals surface area contributed by atoms with Crippen LogP contribution in [0.2, 0.25) is 5.02 Å². The molecule has 0 radical (unpaired) electrons. The third-order valence-electron chi connectivity index (χ3n) is 4.09. The largest absolute Gasteiger partial charge is 0.351 e. The minimum absolute atomic E-state index is 0.0607. The zero-order chi connectivity index (χ0) is 20.1. The van der Waals surface area contributed by atoms with Gasteiger partial charge in [0.25, 0.3) is 5.56 Å². The first-order valence-corrected chi connectivity index (χ1v) is 11.1. The lowest BCUT2D eigenvalue weighted by Gasteiger charge is -2.12. The van der Waals surface area contributed by atoms with Gasteiger partial charge in [-0.3, -0.25) is 14.2 Å². The molecule has 0 saturated heterocycles. The number of carbonyl (C=O) groups is 1. The number of nitrogens with one attached hydrogen (secondary N) is 1. The van der Waals surface area contributed by atoms with E-state index in [4.69, 9.17) is 11.6 Å². The number of thioether (sulfide) groups is 1. The zero-order valence-electron chi connectivity index (χ0n) is 15.2. The van der Waals surface area contributed by atoms with Crippen LogP contribution < -0.4 is 10.9 Å². The summed E-state index contributed by atoms with van der Waals surface area (Å²) in [5.41, 5.74) is 1.23. The third-order valence-corrected chi connectivity index (χ3v) is 6.31. The maximum Gasteiger partial charge on any atom is 0.272 e. The Morgan fingerprint density at radius 2 is 2.21 bits per heavy atom. The quantitative estimate of drug-likeness (QED) is 0.415. The van der Waals surface area contributed by atoms with Crippen LogP contribution >= 0.6 is 34.7 Å². The van der Waals surface area contributed by atoms with Gasteiger partial charge in [-0.25, -0.2) is 9.37 Å². The van der Waals surface area contributed by atoms with Crippen LogP contribution in [0.15, 0.2) is 39.6 Å². The fourth-order valence-electron chi connectivity index (χ4n) is 2.59. The average molecular weight is 440 g/mol. The summed E-state index contributed by atoms with van der Waals surface area (Å²) in [6, 6.07) is 5.87. The van der Waals surface area contributed by atoms with Crippen LogP contribution in [0.5, 0.6) is 0 Å². The Morgan fingerprint density at radius 1 is 1.39 bits per heavy atom. The molecule has 1 aromatic carbocycles. The van der Waals surface area contributed by atoms with E-state index in [2.05, 4.69) is 17.2 Å². The van der Waals surface area contributed by atoms with Gasteiger partial charge in [-0.15, -0.1) is 11.3 Å². The fraction of sp³-hybridized carbons (Fsp3) is 0.316. The number of thiophene rings is 1. The minimum atomic E-state index is -0.421. The highest BCUT2D eigenvalue weighted by molar-refractivity contribution is 7.99. The van der Waals surface area contributed by atoms with Gasteiger partial charge < -0.3 is 5.32 Å². The van der Waals surface area contributed by atoms with Gasteiger partial charge >= 0.3 is 0 Å². The van der Waals surface area contributed by atoms with Crippen molar-refractivity contribution in [1.82, 2.24) is 14.9 Å². The molecular weight excluding hydrogens is 421 g/mol. The van der Waals surface area contributed by atoms with E-state index in [-0.39, 0.29) is 28.8 Å². The molecule has 0 saturated carbocycles. The number of amides is 1. The number of rotatable bonds is 8. The molecule has 0 aliphatic rings. The molecule has 2 heterocycles. The van der Waals surface area contributed by atoms with E-state index >= 15 is 0 Å². The molecule has 0 fully saturated rings. The predicted octanol–water partition coefficient (Wildman–Crippen LogP) is 4.46. The van der Waals surface area contributed by atoms with Gasteiger partial charge in [-0.2, -0.15) is 0 Å². The highest BCUT2D eigenvalue weighted by Gasteiger charge is 2.14. The molecule has 28 heavy (non-hydrogen) atoms. The van der Waals surface area contributed by atoms with Crippen LogP contribution in [0.4, 0.5) is 4.39 Å². The summed E-state index contributed by atoms with van der Waals surface area (Å²) in [6.07, 6.45) is 1.82. The number of aromatic nitrogens is 2. The topological polar surface area (TPSA) is 64.0 Å². The highest BCUT2D eigenvalue weighted by atomic mass is 35.5. The van der Waals surface area contributed by atoms with Crippen molar-refractivity contribution in [3.8, 4) is 0 Å². The lowest BCUT2D eigenvalue weighted by Crippen LogP contribution is -2.26. The van der Waals surface area contributed by atoms with E-state index in [9.17, 15) is 14.0 Å². The first kappa shape index (κ1) is 20.8. The molecule has 0 aliphatic heterocycles. The lowest BCUT2D eigenvalue weighted by molar-refractivity contribution is -0.118. The van der Waals surface area contributed by atoms with Crippen molar-refractivity contribution in [2.24, 2.45) is 0 Å². The number of fused-ring (bicyclic) bond motifs is 1. The molecule has 0 aliphatic carbocycles. The summed E-state index contributed by atoms with van der Waals surface area (Å²) < 4.78 is 15.4. The van der Waals surface area contributed by atoms with Crippen LogP contribution in [0.3, 0.4) is 0 Å². The maximum absolute atomic E-state index is 13.1. The standard InChI is InChI=1S/C19H19ClFN3O2S2/c1-2-3-7-24-18(26)17-15(6-8-27-17)23-19(24)28-11-16(25)22-10-12-4-5-13(21)9-14(12)20/h4-6,8-9H,2-3,7,10-11H2,1H3,(H,22,25). The monoisotopic (exact) mass is 439 g/mol. The smallest absolute Gasteiger partial charge is 0.272 e. The van der Waals surface area contributed by atoms with Crippen LogP contribution in [-0.4, -0.2) is 21.2 Å². The number of hydrogen-bond acceptors (Lipinski definition) is 5. The summed E-state index contributed by atoms with van der Waals surface area (Å²) in [7, 11) is 0. The summed E-state index contributed by atoms with van der Waals surface area (Å²) >= 11 is 8.58. The predicted molar refractivity (Wildman–Crippen MR) is 113 cm³/mol. The first-order chi connectivity index (χ1) is 13.5. The number of benzene rings is 1. The highest BCUT2D eigenvalue weighted by Crippen LogP contribution is 2.21. The van der Waals surface area contributed by atoms with E-state index in [1.54, 1.807) is 10.6 Å². The van der Waals surface area contributed by atoms with Crippen molar-refractivity contribution in [1.29, 1.82) is 0 Å². The van der Waals surface area contributed by atoms with Gasteiger partial charge in [0.1, 0.15) is 10.5 Å². The van der Waals surface area contributed by atoms with Crippen molar-refractivity contribution in [2.75, 3.05) is 5.75 Å². The van der Waals surface area contributed by atoms with Gasteiger partial charge in [0.05, 0.1) is 11.3 Å². The first-order valence-electron chi connectivity index (χ1n) is 8.81. The Labute approximate surface area is 174 Å². The number of carbonyl (C=O) groups excluding carboxylic acids is 1. The zero-order valence-corrected chi connectivity index (χ0v) is 17.6. The molecule has 3 rings (SSSR count). The lowest BCUT2D eigenvalue weighted by atomic mass is 10.2. The van der Waals surface area contributed by atoms with Crippen molar-refractivity contribution < 1.29 is 9.18 Å². The van der Waals surface area contributed by atoms with E-state index in [0.717, 1.165) is 12.8 Å². The van der Waals surface area contributed by atoms with Gasteiger partial charge in [0.15, 0.2) is 5.16 Å². The molecule has 5 nitrogen and oxygen atoms in total. The summed E-state index contributed by atoms with van der Waals surface area (Å²) in [6.45, 7) is 2.84. The Kier molecular flexibility index (Phi) is 7.09. The Balaban J connectivity index is 1.68. The summed E-state index contributed by atoms with van der Waals surface area (Å²) in [5.74, 6) is -0.518. The molecule has 9 heteroatoms. The number of nitrogens with zero attached hydrogens (tertiary/aromatic N) is 2.